The van der Waals surface area contributed by atoms with Crippen LogP contribution in [-0.2, 0) is 9.59 Å². The van der Waals surface area contributed by atoms with Crippen LogP contribution in [0.1, 0.15) is 0 Å². The van der Waals surface area contributed by atoms with Gasteiger partial charge in [0.05, 0.1) is 5.88 Å². The molecule has 0 aromatic carbocycles. The van der Waals surface area contributed by atoms with Crippen molar-refractivity contribution in [1.82, 2.24) is 0 Å². The van der Waals surface area contributed by atoms with Crippen LogP contribution in [0.3, 0.4) is 0 Å². The van der Waals surface area contributed by atoms with Crippen molar-refractivity contribution in [2.24, 2.45) is 0 Å². The molecule has 0 aliphatic heterocycles. The summed E-state index contributed by atoms with van der Waals surface area (Å²) in [6.07, 6.45) is 0. The number of hydrogen-bond donors (Lipinski definition) is 1. The first kappa shape index (κ1) is 10.0. The zero-order valence-electron chi connectivity index (χ0n) is 4.60. The van der Waals surface area contributed by atoms with E-state index in [2.05, 4.69) is 0 Å². The molecule has 10 heavy (non-hydrogen) atoms. The van der Waals surface area contributed by atoms with Crippen molar-refractivity contribution in [2.75, 3.05) is 5.88 Å². The first-order chi connectivity index (χ1) is 4.42. The number of carboxylic acids is 1. The average molecular weight is 205 g/mol. The minimum absolute atomic E-state index is 0.515. The SMILES string of the molecule is O=C(O)C(Cl)(Cl)C(=O)CCl. The Labute approximate surface area is 71.9 Å². The first-order valence-corrected chi connectivity index (χ1v) is 3.42. The molecule has 58 valence electrons. The predicted molar refractivity (Wildman–Crippen MR) is 37.8 cm³/mol. The molecule has 0 heterocycles. The summed E-state index contributed by atoms with van der Waals surface area (Å²) in [6.45, 7) is 0. The van der Waals surface area contributed by atoms with E-state index in [4.69, 9.17) is 39.9 Å². The molecular weight excluding hydrogens is 202 g/mol. The van der Waals surface area contributed by atoms with E-state index >= 15 is 0 Å². The Kier molecular flexibility index (Phi) is 3.42. The third kappa shape index (κ3) is 2.01. The summed E-state index contributed by atoms with van der Waals surface area (Å²) in [4.78, 5) is 20.6. The maximum Gasteiger partial charge on any atom is 0.348 e. The van der Waals surface area contributed by atoms with Gasteiger partial charge >= 0.3 is 5.97 Å². The molecular formula is C4H3Cl3O3. The van der Waals surface area contributed by atoms with Crippen molar-refractivity contribution in [2.45, 2.75) is 4.33 Å². The number of carbonyl (C=O) groups excluding carboxylic acids is 1. The second kappa shape index (κ2) is 3.42. The molecule has 0 fully saturated rings. The summed E-state index contributed by atoms with van der Waals surface area (Å²) in [6, 6.07) is 0. The molecule has 3 nitrogen and oxygen atoms in total. The third-order valence-electron chi connectivity index (χ3n) is 0.740. The summed E-state index contributed by atoms with van der Waals surface area (Å²) in [5, 5.41) is 8.20. The van der Waals surface area contributed by atoms with Crippen LogP contribution in [0.15, 0.2) is 0 Å². The largest absolute Gasteiger partial charge is 0.479 e. The lowest BCUT2D eigenvalue weighted by molar-refractivity contribution is -0.140. The Bertz CT molecular complexity index is 165. The normalized spacial score (nSPS) is 11.1. The number of aliphatic carboxylic acids is 1. The van der Waals surface area contributed by atoms with Crippen molar-refractivity contribution >= 4 is 46.6 Å². The quantitative estimate of drug-likeness (QED) is 0.553. The Hall–Kier alpha value is 0.01000. The Morgan fingerprint density at radius 3 is 1.90 bits per heavy atom. The number of carbonyl (C=O) groups is 2. The van der Waals surface area contributed by atoms with Crippen molar-refractivity contribution < 1.29 is 14.7 Å². The van der Waals surface area contributed by atoms with Gasteiger partial charge in [-0.2, -0.15) is 0 Å². The molecule has 1 N–H and O–H groups in total. The minimum Gasteiger partial charge on any atom is -0.479 e. The number of carboxylic acid groups (broad SMARTS) is 1. The predicted octanol–water partition coefficient (Wildman–Crippen LogP) is 1.05. The minimum atomic E-state index is -2.40. The van der Waals surface area contributed by atoms with Crippen molar-refractivity contribution in [3.8, 4) is 0 Å². The lowest BCUT2D eigenvalue weighted by atomic mass is 10.3. The lowest BCUT2D eigenvalue weighted by Crippen LogP contribution is -2.36. The average Bonchev–Trinajstić information content (AvgIpc) is 1.86. The Morgan fingerprint density at radius 1 is 1.40 bits per heavy atom. The van der Waals surface area contributed by atoms with E-state index in [-0.39, 0.29) is 0 Å². The van der Waals surface area contributed by atoms with Gasteiger partial charge in [0.15, 0.2) is 5.78 Å². The van der Waals surface area contributed by atoms with Crippen molar-refractivity contribution in [1.29, 1.82) is 0 Å². The molecule has 0 bridgehead atoms. The van der Waals surface area contributed by atoms with Crippen LogP contribution in [0.2, 0.25) is 0 Å². The molecule has 0 amide bonds. The van der Waals surface area contributed by atoms with Crippen molar-refractivity contribution in [3.63, 3.8) is 0 Å². The van der Waals surface area contributed by atoms with Gasteiger partial charge in [-0.25, -0.2) is 4.79 Å². The molecule has 0 atom stereocenters. The van der Waals surface area contributed by atoms with Crippen LogP contribution < -0.4 is 0 Å². The van der Waals surface area contributed by atoms with Gasteiger partial charge in [0.1, 0.15) is 0 Å². The van der Waals surface area contributed by atoms with Gasteiger partial charge in [-0.1, -0.05) is 23.2 Å². The molecule has 0 saturated heterocycles. The molecule has 0 aliphatic carbocycles. The van der Waals surface area contributed by atoms with Crippen LogP contribution in [0.5, 0.6) is 0 Å². The second-order valence-corrected chi connectivity index (χ2v) is 3.03. The van der Waals surface area contributed by atoms with Crippen LogP contribution in [0, 0.1) is 0 Å². The fraction of sp³-hybridized carbons (Fsp3) is 0.500. The molecule has 0 unspecified atom stereocenters. The number of rotatable bonds is 3. The molecule has 0 saturated carbocycles. The highest BCUT2D eigenvalue weighted by Crippen LogP contribution is 2.22. The van der Waals surface area contributed by atoms with E-state index in [1.165, 1.54) is 0 Å². The van der Waals surface area contributed by atoms with Gasteiger partial charge in [0.2, 0.25) is 0 Å². The van der Waals surface area contributed by atoms with E-state index in [9.17, 15) is 9.59 Å². The van der Waals surface area contributed by atoms with Gasteiger partial charge in [-0.05, 0) is 0 Å². The molecule has 0 spiro atoms. The first-order valence-electron chi connectivity index (χ1n) is 2.13. The van der Waals surface area contributed by atoms with E-state index < -0.39 is 22.0 Å². The summed E-state index contributed by atoms with van der Waals surface area (Å²) in [5.41, 5.74) is 0. The highest BCUT2D eigenvalue weighted by Gasteiger charge is 2.41. The highest BCUT2D eigenvalue weighted by atomic mass is 35.5. The number of alkyl halides is 3. The topological polar surface area (TPSA) is 54.4 Å². The zero-order valence-corrected chi connectivity index (χ0v) is 6.87. The summed E-state index contributed by atoms with van der Waals surface area (Å²) in [7, 11) is 0. The van der Waals surface area contributed by atoms with Crippen LogP contribution >= 0.6 is 34.8 Å². The molecule has 6 heteroatoms. The summed E-state index contributed by atoms with van der Waals surface area (Å²) in [5.74, 6) is -3.06. The Morgan fingerprint density at radius 2 is 1.80 bits per heavy atom. The fourth-order valence-corrected chi connectivity index (χ4v) is 0.674. The third-order valence-corrected chi connectivity index (χ3v) is 1.73. The van der Waals surface area contributed by atoms with E-state index in [0.29, 0.717) is 0 Å². The highest BCUT2D eigenvalue weighted by molar-refractivity contribution is 6.68. The maximum absolute atomic E-state index is 10.5. The lowest BCUT2D eigenvalue weighted by Gasteiger charge is -2.09. The van der Waals surface area contributed by atoms with Gasteiger partial charge in [-0.3, -0.25) is 4.79 Å². The van der Waals surface area contributed by atoms with Gasteiger partial charge in [0, 0.05) is 0 Å². The summed E-state index contributed by atoms with van der Waals surface area (Å²) >= 11 is 15.1. The standard InChI is InChI=1S/C4H3Cl3O3/c5-1-2(8)4(6,7)3(9)10/h1H2,(H,9,10). The maximum atomic E-state index is 10.5. The molecule has 0 radical (unpaired) electrons. The number of Topliss-reactive ketones (excluding diaryl/α,β-unsaturated/α-hetero) is 1. The molecule has 0 aliphatic rings. The van der Waals surface area contributed by atoms with Crippen LogP contribution in [0.25, 0.3) is 0 Å². The zero-order chi connectivity index (χ0) is 8.36. The Balaban J connectivity index is 4.40. The van der Waals surface area contributed by atoms with Gasteiger partial charge < -0.3 is 5.11 Å². The molecule has 0 aromatic rings. The number of hydrogen-bond acceptors (Lipinski definition) is 2. The van der Waals surface area contributed by atoms with E-state index in [1.54, 1.807) is 0 Å². The molecule has 0 aromatic heterocycles. The number of ketones is 1. The van der Waals surface area contributed by atoms with E-state index in [0.717, 1.165) is 0 Å². The number of halogens is 3. The smallest absolute Gasteiger partial charge is 0.348 e. The summed E-state index contributed by atoms with van der Waals surface area (Å²) < 4.78 is -2.40. The fourth-order valence-electron chi connectivity index (χ4n) is 0.203. The van der Waals surface area contributed by atoms with E-state index in [1.807, 2.05) is 0 Å². The van der Waals surface area contributed by atoms with Crippen LogP contribution in [0.4, 0.5) is 0 Å². The molecule has 0 rings (SSSR count). The monoisotopic (exact) mass is 204 g/mol. The van der Waals surface area contributed by atoms with Gasteiger partial charge in [0.25, 0.3) is 4.33 Å². The van der Waals surface area contributed by atoms with Crippen LogP contribution in [-0.4, -0.2) is 27.1 Å². The second-order valence-electron chi connectivity index (χ2n) is 1.44. The van der Waals surface area contributed by atoms with Gasteiger partial charge in [-0.15, -0.1) is 11.6 Å². The van der Waals surface area contributed by atoms with Crippen molar-refractivity contribution in [3.05, 3.63) is 0 Å².